The van der Waals surface area contributed by atoms with E-state index in [-0.39, 0.29) is 6.04 Å². The number of nitrogens with zero attached hydrogens (tertiary/aromatic N) is 3. The molecule has 0 radical (unpaired) electrons. The molecule has 0 spiro atoms. The second kappa shape index (κ2) is 7.03. The lowest BCUT2D eigenvalue weighted by molar-refractivity contribution is -0.00826. The van der Waals surface area contributed by atoms with Gasteiger partial charge in [-0.2, -0.15) is 0 Å². The molecule has 0 saturated carbocycles. The van der Waals surface area contributed by atoms with E-state index in [0.717, 1.165) is 26.1 Å². The summed E-state index contributed by atoms with van der Waals surface area (Å²) in [7, 11) is 2.13. The number of likely N-dealkylation sites (N-methyl/N-ethyl adjacent to an activating group) is 1. The van der Waals surface area contributed by atoms with Crippen LogP contribution in [0.3, 0.4) is 0 Å². The Kier molecular flexibility index (Phi) is 5.36. The van der Waals surface area contributed by atoms with Gasteiger partial charge in [0.25, 0.3) is 0 Å². The fourth-order valence-corrected chi connectivity index (χ4v) is 2.80. The number of rotatable bonds is 6. The Morgan fingerprint density at radius 2 is 2.42 bits per heavy atom. The standard InChI is InChI=1S/C14H26N4O/c1-3-18-11-16-9-14(18)13(8-15)17(2)10-12-6-4-5-7-19-12/h9,11-13H,3-8,10,15H2,1-2H3. The Bertz CT molecular complexity index is 373. The summed E-state index contributed by atoms with van der Waals surface area (Å²) in [6.07, 6.45) is 7.80. The van der Waals surface area contributed by atoms with Gasteiger partial charge in [-0.25, -0.2) is 4.98 Å². The maximum absolute atomic E-state index is 5.97. The monoisotopic (exact) mass is 266 g/mol. The molecule has 1 aliphatic heterocycles. The molecule has 0 aliphatic carbocycles. The summed E-state index contributed by atoms with van der Waals surface area (Å²) in [5.41, 5.74) is 7.17. The minimum absolute atomic E-state index is 0.216. The van der Waals surface area contributed by atoms with E-state index in [1.165, 1.54) is 18.5 Å². The summed E-state index contributed by atoms with van der Waals surface area (Å²) in [5.74, 6) is 0. The van der Waals surface area contributed by atoms with Crippen molar-refractivity contribution in [3.05, 3.63) is 18.2 Å². The highest BCUT2D eigenvalue weighted by atomic mass is 16.5. The lowest BCUT2D eigenvalue weighted by atomic mass is 10.1. The Balaban J connectivity index is 2.00. The molecular formula is C14H26N4O. The van der Waals surface area contributed by atoms with Crippen LogP contribution in [-0.2, 0) is 11.3 Å². The van der Waals surface area contributed by atoms with Gasteiger partial charge in [-0.3, -0.25) is 4.90 Å². The second-order valence-electron chi connectivity index (χ2n) is 5.28. The van der Waals surface area contributed by atoms with Crippen molar-refractivity contribution < 1.29 is 4.74 Å². The fraction of sp³-hybridized carbons (Fsp3) is 0.786. The van der Waals surface area contributed by atoms with Crippen LogP contribution in [0.4, 0.5) is 0 Å². The molecule has 5 heteroatoms. The molecule has 2 rings (SSSR count). The summed E-state index contributed by atoms with van der Waals surface area (Å²) >= 11 is 0. The molecular weight excluding hydrogens is 240 g/mol. The smallest absolute Gasteiger partial charge is 0.0948 e. The van der Waals surface area contributed by atoms with E-state index in [2.05, 4.69) is 28.4 Å². The van der Waals surface area contributed by atoms with Gasteiger partial charge in [0.2, 0.25) is 0 Å². The van der Waals surface area contributed by atoms with Crippen LogP contribution in [0.25, 0.3) is 0 Å². The lowest BCUT2D eigenvalue weighted by Crippen LogP contribution is -2.39. The first kappa shape index (κ1) is 14.5. The van der Waals surface area contributed by atoms with Crippen molar-refractivity contribution in [2.45, 2.75) is 44.9 Å². The summed E-state index contributed by atoms with van der Waals surface area (Å²) in [5, 5.41) is 0. The van der Waals surface area contributed by atoms with Crippen LogP contribution < -0.4 is 5.73 Å². The molecule has 1 saturated heterocycles. The first-order valence-electron chi connectivity index (χ1n) is 7.28. The van der Waals surface area contributed by atoms with Crippen LogP contribution in [0.15, 0.2) is 12.5 Å². The average molecular weight is 266 g/mol. The van der Waals surface area contributed by atoms with Gasteiger partial charge >= 0.3 is 0 Å². The predicted octanol–water partition coefficient (Wildman–Crippen LogP) is 1.40. The molecule has 1 aromatic heterocycles. The molecule has 2 unspecified atom stereocenters. The Hall–Kier alpha value is -0.910. The number of imidazole rings is 1. The first-order valence-corrected chi connectivity index (χ1v) is 7.28. The van der Waals surface area contributed by atoms with Gasteiger partial charge in [-0.15, -0.1) is 0 Å². The van der Waals surface area contributed by atoms with Gasteiger partial charge in [0.1, 0.15) is 0 Å². The lowest BCUT2D eigenvalue weighted by Gasteiger charge is -2.32. The molecule has 2 atom stereocenters. The highest BCUT2D eigenvalue weighted by Crippen LogP contribution is 2.21. The van der Waals surface area contributed by atoms with Gasteiger partial charge in [-0.1, -0.05) is 0 Å². The number of hydrogen-bond acceptors (Lipinski definition) is 4. The van der Waals surface area contributed by atoms with E-state index in [4.69, 9.17) is 10.5 Å². The minimum atomic E-state index is 0.216. The Morgan fingerprint density at radius 1 is 1.58 bits per heavy atom. The summed E-state index contributed by atoms with van der Waals surface area (Å²) in [6, 6.07) is 0.216. The molecule has 5 nitrogen and oxygen atoms in total. The molecule has 108 valence electrons. The molecule has 2 N–H and O–H groups in total. The van der Waals surface area contributed by atoms with Crippen molar-refractivity contribution >= 4 is 0 Å². The van der Waals surface area contributed by atoms with Crippen LogP contribution in [0.1, 0.15) is 37.9 Å². The number of ether oxygens (including phenoxy) is 1. The largest absolute Gasteiger partial charge is 0.377 e. The average Bonchev–Trinajstić information content (AvgIpc) is 2.89. The Morgan fingerprint density at radius 3 is 3.05 bits per heavy atom. The maximum Gasteiger partial charge on any atom is 0.0948 e. The highest BCUT2D eigenvalue weighted by molar-refractivity contribution is 5.06. The summed E-state index contributed by atoms with van der Waals surface area (Å²) < 4.78 is 7.97. The van der Waals surface area contributed by atoms with E-state index in [0.29, 0.717) is 12.6 Å². The molecule has 2 heterocycles. The fourth-order valence-electron chi connectivity index (χ4n) is 2.80. The zero-order chi connectivity index (χ0) is 13.7. The van der Waals surface area contributed by atoms with Crippen LogP contribution in [0, 0.1) is 0 Å². The molecule has 0 aromatic carbocycles. The van der Waals surface area contributed by atoms with E-state index >= 15 is 0 Å². The van der Waals surface area contributed by atoms with Crippen molar-refractivity contribution in [3.63, 3.8) is 0 Å². The number of nitrogens with two attached hydrogens (primary N) is 1. The maximum atomic E-state index is 5.97. The Labute approximate surface area is 115 Å². The normalized spacial score (nSPS) is 21.8. The summed E-state index contributed by atoms with van der Waals surface area (Å²) in [4.78, 5) is 6.55. The summed E-state index contributed by atoms with van der Waals surface area (Å²) in [6.45, 7) is 5.51. The van der Waals surface area contributed by atoms with Gasteiger partial charge < -0.3 is 15.0 Å². The topological polar surface area (TPSA) is 56.3 Å². The predicted molar refractivity (Wildman–Crippen MR) is 75.9 cm³/mol. The molecule has 1 fully saturated rings. The third kappa shape index (κ3) is 3.55. The molecule has 1 aromatic rings. The zero-order valence-electron chi connectivity index (χ0n) is 12.1. The number of aromatic nitrogens is 2. The van der Waals surface area contributed by atoms with Crippen LogP contribution >= 0.6 is 0 Å². The van der Waals surface area contributed by atoms with Crippen molar-refractivity contribution in [3.8, 4) is 0 Å². The van der Waals surface area contributed by atoms with Crippen LogP contribution in [0.5, 0.6) is 0 Å². The van der Waals surface area contributed by atoms with Crippen molar-refractivity contribution in [2.75, 3.05) is 26.7 Å². The van der Waals surface area contributed by atoms with E-state index < -0.39 is 0 Å². The first-order chi connectivity index (χ1) is 9.26. The number of aryl methyl sites for hydroxylation is 1. The van der Waals surface area contributed by atoms with Gasteiger partial charge in [0.05, 0.1) is 24.2 Å². The van der Waals surface area contributed by atoms with Crippen molar-refractivity contribution in [1.82, 2.24) is 14.5 Å². The minimum Gasteiger partial charge on any atom is -0.377 e. The molecule has 0 amide bonds. The van der Waals surface area contributed by atoms with Crippen molar-refractivity contribution in [2.24, 2.45) is 5.73 Å². The third-order valence-corrected chi connectivity index (χ3v) is 3.95. The van der Waals surface area contributed by atoms with Crippen LogP contribution in [0.2, 0.25) is 0 Å². The molecule has 1 aliphatic rings. The highest BCUT2D eigenvalue weighted by Gasteiger charge is 2.23. The third-order valence-electron chi connectivity index (χ3n) is 3.95. The second-order valence-corrected chi connectivity index (χ2v) is 5.28. The van der Waals surface area contributed by atoms with Gasteiger partial charge in [-0.05, 0) is 33.2 Å². The molecule has 0 bridgehead atoms. The van der Waals surface area contributed by atoms with Crippen LogP contribution in [-0.4, -0.2) is 47.3 Å². The molecule has 19 heavy (non-hydrogen) atoms. The van der Waals surface area contributed by atoms with E-state index in [9.17, 15) is 0 Å². The van der Waals surface area contributed by atoms with Crippen molar-refractivity contribution in [1.29, 1.82) is 0 Å². The van der Waals surface area contributed by atoms with Gasteiger partial charge in [0.15, 0.2) is 0 Å². The van der Waals surface area contributed by atoms with E-state index in [1.54, 1.807) is 0 Å². The zero-order valence-corrected chi connectivity index (χ0v) is 12.1. The number of hydrogen-bond donors (Lipinski definition) is 1. The van der Waals surface area contributed by atoms with E-state index in [1.807, 2.05) is 12.5 Å². The SMILES string of the molecule is CCn1cncc1C(CN)N(C)CC1CCCCO1. The van der Waals surface area contributed by atoms with Gasteiger partial charge in [0, 0.05) is 32.4 Å². The quantitative estimate of drug-likeness (QED) is 0.845.